The van der Waals surface area contributed by atoms with Crippen LogP contribution in [0.2, 0.25) is 0 Å². The van der Waals surface area contributed by atoms with E-state index < -0.39 is 35.1 Å². The third kappa shape index (κ3) is 7.59. The second kappa shape index (κ2) is 14.9. The number of likely N-dealkylation sites (N-methyl/N-ethyl adjacent to an activating group) is 1. The van der Waals surface area contributed by atoms with Gasteiger partial charge >= 0.3 is 12.1 Å². The lowest BCUT2D eigenvalue weighted by Gasteiger charge is -2.41. The molecular formula is C41H43F3N8O4S. The second-order valence-electron chi connectivity index (χ2n) is 16.1. The van der Waals surface area contributed by atoms with E-state index >= 15 is 13.2 Å². The number of thiazole rings is 1. The molecule has 2 bridgehead atoms. The van der Waals surface area contributed by atoms with Gasteiger partial charge in [0.25, 0.3) is 5.91 Å². The summed E-state index contributed by atoms with van der Waals surface area (Å²) in [7, 11) is 2.04. The van der Waals surface area contributed by atoms with E-state index in [2.05, 4.69) is 32.1 Å². The fourth-order valence-corrected chi connectivity index (χ4v) is 8.90. The van der Waals surface area contributed by atoms with Crippen molar-refractivity contribution >= 4 is 61.5 Å². The fourth-order valence-electron chi connectivity index (χ4n) is 8.02. The number of fused-ring (bicyclic) bond motifs is 4. The molecule has 3 aromatic heterocycles. The Labute approximate surface area is 331 Å². The summed E-state index contributed by atoms with van der Waals surface area (Å²) in [5.41, 5.74) is -0.117. The Morgan fingerprint density at radius 1 is 1.02 bits per heavy atom. The Morgan fingerprint density at radius 3 is 2.46 bits per heavy atom. The van der Waals surface area contributed by atoms with Gasteiger partial charge in [0.1, 0.15) is 29.4 Å². The van der Waals surface area contributed by atoms with E-state index in [-0.39, 0.29) is 56.7 Å². The highest BCUT2D eigenvalue weighted by atomic mass is 32.1. The van der Waals surface area contributed by atoms with Crippen LogP contribution < -0.4 is 15.0 Å². The molecule has 3 fully saturated rings. The van der Waals surface area contributed by atoms with Crippen molar-refractivity contribution in [3.8, 4) is 17.1 Å². The van der Waals surface area contributed by atoms with Crippen molar-refractivity contribution in [3.05, 3.63) is 71.8 Å². The van der Waals surface area contributed by atoms with Crippen LogP contribution in [0.1, 0.15) is 59.1 Å². The van der Waals surface area contributed by atoms with Crippen LogP contribution in [0.3, 0.4) is 0 Å². The number of amides is 2. The molecule has 2 aromatic carbocycles. The predicted molar refractivity (Wildman–Crippen MR) is 213 cm³/mol. The smallest absolute Gasteiger partial charge is 0.413 e. The molecule has 3 atom stereocenters. The highest BCUT2D eigenvalue weighted by molar-refractivity contribution is 7.22. The third-order valence-electron chi connectivity index (χ3n) is 11.0. The number of halogens is 3. The lowest BCUT2D eigenvalue weighted by Crippen LogP contribution is -2.56. The van der Waals surface area contributed by atoms with E-state index in [1.54, 1.807) is 56.0 Å². The molecule has 2 unspecified atom stereocenters. The molecule has 6 heterocycles. The summed E-state index contributed by atoms with van der Waals surface area (Å²) in [6, 6.07) is 10.4. The monoisotopic (exact) mass is 800 g/mol. The van der Waals surface area contributed by atoms with Gasteiger partial charge in [-0.05, 0) is 97.3 Å². The standard InChI is InChI=1S/C41H43F3N8O4S/c1-40(2,3)56-39(54)49-38-47-33-27(14-15-29(42)34(33)57-38)26-12-13-28-32(31(26)44)46-37(55-22-41(4)16-8-18-50(41)5)48-35(28)51-20-24-10-11-25(21-51)52(24)36(53)30(43)19-23-9-6-7-17-45-23/h6-7,9,12-15,17,19,24-25H,8,10-11,16,18,20-22H2,1-5H3,(H,47,49,54)/b30-19-/t24?,25?,41-/m0/s1. The number of carbonyl (C=O) groups excluding carboxylic acids is 2. The van der Waals surface area contributed by atoms with Crippen LogP contribution in [0, 0.1) is 11.6 Å². The van der Waals surface area contributed by atoms with Gasteiger partial charge in [-0.15, -0.1) is 0 Å². The van der Waals surface area contributed by atoms with Crippen LogP contribution in [0.4, 0.5) is 28.9 Å². The summed E-state index contributed by atoms with van der Waals surface area (Å²) < 4.78 is 59.4. The molecule has 8 rings (SSSR count). The number of nitrogens with one attached hydrogen (secondary N) is 1. The summed E-state index contributed by atoms with van der Waals surface area (Å²) in [6.45, 7) is 9.13. The molecule has 3 aliphatic heterocycles. The number of aromatic nitrogens is 4. The minimum absolute atomic E-state index is 0.00701. The van der Waals surface area contributed by atoms with E-state index in [9.17, 15) is 9.59 Å². The Hall–Kier alpha value is -5.35. The van der Waals surface area contributed by atoms with Gasteiger partial charge in [0.05, 0.1) is 33.5 Å². The Bertz CT molecular complexity index is 2390. The molecule has 5 aromatic rings. The van der Waals surface area contributed by atoms with Crippen molar-refractivity contribution in [1.29, 1.82) is 0 Å². The Balaban J connectivity index is 1.16. The third-order valence-corrected chi connectivity index (χ3v) is 12.0. The van der Waals surface area contributed by atoms with Crippen molar-refractivity contribution in [3.63, 3.8) is 0 Å². The summed E-state index contributed by atoms with van der Waals surface area (Å²) >= 11 is 0.914. The predicted octanol–water partition coefficient (Wildman–Crippen LogP) is 7.98. The van der Waals surface area contributed by atoms with Gasteiger partial charge in [0.2, 0.25) is 0 Å². The minimum Gasteiger partial charge on any atom is -0.461 e. The number of benzene rings is 2. The van der Waals surface area contributed by atoms with Gasteiger partial charge in [0.15, 0.2) is 16.8 Å². The molecule has 0 radical (unpaired) electrons. The maximum Gasteiger partial charge on any atom is 0.413 e. The van der Waals surface area contributed by atoms with Crippen LogP contribution in [0.15, 0.2) is 54.5 Å². The first kappa shape index (κ1) is 38.5. The normalized spacial score (nSPS) is 21.4. The highest BCUT2D eigenvalue weighted by Crippen LogP contribution is 2.41. The molecule has 16 heteroatoms. The SMILES string of the molecule is CN1CCC[C@@]1(C)COc1nc(N2CC3CCC(C2)N3C(=O)/C(F)=C/c2ccccn2)c2ccc(-c3ccc(F)c4sc(NC(=O)OC(C)(C)C)nc34)c(F)c2n1. The number of hydrogen-bond donors (Lipinski definition) is 1. The second-order valence-corrected chi connectivity index (χ2v) is 17.1. The van der Waals surface area contributed by atoms with E-state index in [0.29, 0.717) is 48.4 Å². The minimum atomic E-state index is -0.884. The van der Waals surface area contributed by atoms with Crippen LogP contribution in [-0.4, -0.2) is 98.2 Å². The molecular weight excluding hydrogens is 758 g/mol. The fraction of sp³-hybridized carbons (Fsp3) is 0.415. The van der Waals surface area contributed by atoms with Gasteiger partial charge in [-0.2, -0.15) is 9.97 Å². The molecule has 57 heavy (non-hydrogen) atoms. The molecule has 1 N–H and O–H groups in total. The van der Waals surface area contributed by atoms with Crippen molar-refractivity contribution in [2.45, 2.75) is 76.6 Å². The largest absolute Gasteiger partial charge is 0.461 e. The van der Waals surface area contributed by atoms with Crippen LogP contribution in [0.25, 0.3) is 38.3 Å². The van der Waals surface area contributed by atoms with Gasteiger partial charge in [-0.3, -0.25) is 20.0 Å². The molecule has 12 nitrogen and oxygen atoms in total. The molecule has 0 spiro atoms. The van der Waals surface area contributed by atoms with Crippen LogP contribution in [-0.2, 0) is 9.53 Å². The molecule has 3 aliphatic rings. The van der Waals surface area contributed by atoms with Crippen LogP contribution >= 0.6 is 11.3 Å². The highest BCUT2D eigenvalue weighted by Gasteiger charge is 2.44. The van der Waals surface area contributed by atoms with Gasteiger partial charge in [-0.25, -0.2) is 22.9 Å². The number of carbonyl (C=O) groups is 2. The first-order valence-electron chi connectivity index (χ1n) is 19.0. The average Bonchev–Trinajstić information content (AvgIpc) is 3.82. The maximum atomic E-state index is 17.1. The zero-order chi connectivity index (χ0) is 40.2. The van der Waals surface area contributed by atoms with Gasteiger partial charge in [0, 0.05) is 41.9 Å². The van der Waals surface area contributed by atoms with Crippen molar-refractivity contribution in [1.82, 2.24) is 29.7 Å². The molecule has 0 aliphatic carbocycles. The molecule has 3 saturated heterocycles. The number of pyridine rings is 1. The van der Waals surface area contributed by atoms with Crippen molar-refractivity contribution in [2.24, 2.45) is 0 Å². The Kier molecular flexibility index (Phi) is 10.0. The van der Waals surface area contributed by atoms with Crippen molar-refractivity contribution < 1.29 is 32.2 Å². The number of nitrogens with zero attached hydrogens (tertiary/aromatic N) is 7. The summed E-state index contributed by atoms with van der Waals surface area (Å²) in [4.78, 5) is 49.9. The number of piperazine rings is 1. The lowest BCUT2D eigenvalue weighted by atomic mass is 10.0. The number of likely N-dealkylation sites (tertiary alicyclic amines) is 1. The number of rotatable bonds is 8. The lowest BCUT2D eigenvalue weighted by molar-refractivity contribution is -0.131. The topological polar surface area (TPSA) is 126 Å². The summed E-state index contributed by atoms with van der Waals surface area (Å²) in [5.74, 6) is -2.40. The number of anilines is 2. The summed E-state index contributed by atoms with van der Waals surface area (Å²) in [6.07, 6.45) is 5.19. The summed E-state index contributed by atoms with van der Waals surface area (Å²) in [5, 5.41) is 3.07. The van der Waals surface area contributed by atoms with Gasteiger partial charge in [-0.1, -0.05) is 23.5 Å². The first-order chi connectivity index (χ1) is 27.2. The van der Waals surface area contributed by atoms with E-state index in [0.717, 1.165) is 36.8 Å². The van der Waals surface area contributed by atoms with E-state index in [1.165, 1.54) is 18.3 Å². The number of hydrogen-bond acceptors (Lipinski definition) is 11. The van der Waals surface area contributed by atoms with E-state index in [4.69, 9.17) is 14.5 Å². The van der Waals surface area contributed by atoms with Crippen molar-refractivity contribution in [2.75, 3.05) is 43.5 Å². The van der Waals surface area contributed by atoms with Gasteiger partial charge < -0.3 is 19.3 Å². The van der Waals surface area contributed by atoms with E-state index in [1.807, 2.05) is 11.9 Å². The maximum absolute atomic E-state index is 17.1. The molecule has 298 valence electrons. The quantitative estimate of drug-likeness (QED) is 0.155. The zero-order valence-corrected chi connectivity index (χ0v) is 33.1. The van der Waals surface area contributed by atoms with Crippen LogP contribution in [0.5, 0.6) is 6.01 Å². The average molecular weight is 801 g/mol. The Morgan fingerprint density at radius 2 is 1.77 bits per heavy atom. The first-order valence-corrected chi connectivity index (χ1v) is 19.8. The number of ether oxygens (including phenoxy) is 2. The molecule has 0 saturated carbocycles. The molecule has 2 amide bonds. The zero-order valence-electron chi connectivity index (χ0n) is 32.3.